The molecule has 6 heteroatoms. The van der Waals surface area contributed by atoms with Crippen molar-refractivity contribution in [3.8, 4) is 23.2 Å². The number of rotatable bonds is 6. The van der Waals surface area contributed by atoms with Crippen molar-refractivity contribution in [3.63, 3.8) is 0 Å². The van der Waals surface area contributed by atoms with Gasteiger partial charge in [0, 0.05) is 0 Å². The smallest absolute Gasteiger partial charge is 0.337 e. The Hall–Kier alpha value is -4.11. The first-order valence-corrected chi connectivity index (χ1v) is 9.97. The monoisotopic (exact) mass is 411 g/mol. The fraction of sp³-hybridized carbons (Fsp3) is 0.160. The van der Waals surface area contributed by atoms with Crippen molar-refractivity contribution < 1.29 is 14.6 Å². The number of carboxylic acids is 1. The van der Waals surface area contributed by atoms with Crippen molar-refractivity contribution in [2.24, 2.45) is 0 Å². The summed E-state index contributed by atoms with van der Waals surface area (Å²) in [5.74, 6) is -1.00. The summed E-state index contributed by atoms with van der Waals surface area (Å²) in [5, 5.41) is 19.1. The van der Waals surface area contributed by atoms with E-state index in [1.807, 2.05) is 60.9 Å². The molecule has 1 N–H and O–H groups in total. The summed E-state index contributed by atoms with van der Waals surface area (Å²) in [6, 6.07) is 21.3. The van der Waals surface area contributed by atoms with Crippen LogP contribution in [0.5, 0.6) is 6.01 Å². The standard InChI is InChI=1S/C25H21N3O3/c1-3-31-25-27-22-16(2)8-13-21(24(29)30)23(22)28(25)15-17-9-11-18(12-10-17)20-7-5-4-6-19(20)14-26/h4-13H,3,15H2,1-2H3,(H,29,30). The van der Waals surface area contributed by atoms with Gasteiger partial charge < -0.3 is 9.84 Å². The first kappa shape index (κ1) is 20.2. The number of aromatic carboxylic acids is 1. The van der Waals surface area contributed by atoms with Crippen molar-refractivity contribution >= 4 is 17.0 Å². The zero-order valence-corrected chi connectivity index (χ0v) is 17.3. The number of carboxylic acid groups (broad SMARTS) is 1. The van der Waals surface area contributed by atoms with Gasteiger partial charge in [0.1, 0.15) is 0 Å². The van der Waals surface area contributed by atoms with Gasteiger partial charge in [0.2, 0.25) is 0 Å². The Labute approximate surface area is 180 Å². The Kier molecular flexibility index (Phi) is 5.42. The molecular formula is C25H21N3O3. The number of aromatic nitrogens is 2. The normalized spacial score (nSPS) is 10.7. The molecule has 0 atom stereocenters. The van der Waals surface area contributed by atoms with Crippen LogP contribution in [0.3, 0.4) is 0 Å². The van der Waals surface area contributed by atoms with Gasteiger partial charge in [0.15, 0.2) is 0 Å². The van der Waals surface area contributed by atoms with Crippen LogP contribution in [0.25, 0.3) is 22.2 Å². The van der Waals surface area contributed by atoms with Crippen LogP contribution in [0.15, 0.2) is 60.7 Å². The molecule has 3 aromatic carbocycles. The van der Waals surface area contributed by atoms with E-state index >= 15 is 0 Å². The van der Waals surface area contributed by atoms with Crippen molar-refractivity contribution in [1.82, 2.24) is 9.55 Å². The summed E-state index contributed by atoms with van der Waals surface area (Å²) in [7, 11) is 0. The number of nitrogens with zero attached hydrogens (tertiary/aromatic N) is 3. The van der Waals surface area contributed by atoms with Crippen LogP contribution >= 0.6 is 0 Å². The van der Waals surface area contributed by atoms with Crippen molar-refractivity contribution in [1.29, 1.82) is 5.26 Å². The molecule has 31 heavy (non-hydrogen) atoms. The molecule has 0 spiro atoms. The zero-order chi connectivity index (χ0) is 22.0. The van der Waals surface area contributed by atoms with Crippen LogP contribution in [0, 0.1) is 18.3 Å². The summed E-state index contributed by atoms with van der Waals surface area (Å²) in [4.78, 5) is 16.4. The summed E-state index contributed by atoms with van der Waals surface area (Å²) >= 11 is 0. The van der Waals surface area contributed by atoms with Crippen LogP contribution in [0.1, 0.15) is 34.0 Å². The molecule has 154 valence electrons. The van der Waals surface area contributed by atoms with E-state index < -0.39 is 5.97 Å². The number of imidazole rings is 1. The Bertz CT molecular complexity index is 1310. The van der Waals surface area contributed by atoms with E-state index in [-0.39, 0.29) is 5.56 Å². The summed E-state index contributed by atoms with van der Waals surface area (Å²) < 4.78 is 7.54. The van der Waals surface area contributed by atoms with E-state index in [0.717, 1.165) is 22.3 Å². The number of ether oxygens (including phenoxy) is 1. The van der Waals surface area contributed by atoms with Crippen LogP contribution in [0.4, 0.5) is 0 Å². The fourth-order valence-electron chi connectivity index (χ4n) is 3.71. The number of hydrogen-bond donors (Lipinski definition) is 1. The molecule has 4 aromatic rings. The molecule has 1 heterocycles. The summed E-state index contributed by atoms with van der Waals surface area (Å²) in [5.41, 5.74) is 5.68. The predicted molar refractivity (Wildman–Crippen MR) is 118 cm³/mol. The molecule has 0 aliphatic rings. The number of carbonyl (C=O) groups is 1. The minimum atomic E-state index is -1.00. The highest BCUT2D eigenvalue weighted by atomic mass is 16.5. The third kappa shape index (κ3) is 3.74. The van der Waals surface area contributed by atoms with Gasteiger partial charge in [0.25, 0.3) is 6.01 Å². The first-order valence-electron chi connectivity index (χ1n) is 9.97. The maximum Gasteiger partial charge on any atom is 0.337 e. The molecular weight excluding hydrogens is 390 g/mol. The molecule has 0 saturated carbocycles. The van der Waals surface area contributed by atoms with Crippen LogP contribution in [-0.2, 0) is 6.54 Å². The number of hydrogen-bond acceptors (Lipinski definition) is 4. The van der Waals surface area contributed by atoms with Gasteiger partial charge in [0.05, 0.1) is 41.4 Å². The highest BCUT2D eigenvalue weighted by Gasteiger charge is 2.20. The fourth-order valence-corrected chi connectivity index (χ4v) is 3.71. The quantitative estimate of drug-likeness (QED) is 0.481. The van der Waals surface area contributed by atoms with E-state index in [1.54, 1.807) is 18.2 Å². The summed E-state index contributed by atoms with van der Waals surface area (Å²) in [6.07, 6.45) is 0. The van der Waals surface area contributed by atoms with Gasteiger partial charge in [-0.2, -0.15) is 10.2 Å². The van der Waals surface area contributed by atoms with E-state index in [9.17, 15) is 15.2 Å². The van der Waals surface area contributed by atoms with Crippen LogP contribution in [-0.4, -0.2) is 27.2 Å². The van der Waals surface area contributed by atoms with Gasteiger partial charge in [-0.15, -0.1) is 0 Å². The Balaban J connectivity index is 1.78. The minimum absolute atomic E-state index is 0.193. The number of benzene rings is 3. The third-order valence-corrected chi connectivity index (χ3v) is 5.22. The Morgan fingerprint density at radius 3 is 2.55 bits per heavy atom. The second-order valence-corrected chi connectivity index (χ2v) is 7.20. The lowest BCUT2D eigenvalue weighted by Gasteiger charge is -2.12. The predicted octanol–water partition coefficient (Wildman–Crippen LogP) is 5.03. The molecule has 0 aliphatic carbocycles. The maximum absolute atomic E-state index is 11.9. The van der Waals surface area contributed by atoms with E-state index in [4.69, 9.17) is 4.74 Å². The van der Waals surface area contributed by atoms with Crippen molar-refractivity contribution in [2.75, 3.05) is 6.61 Å². The number of nitriles is 1. The number of fused-ring (bicyclic) bond motifs is 1. The molecule has 0 radical (unpaired) electrons. The molecule has 0 aliphatic heterocycles. The molecule has 0 unspecified atom stereocenters. The third-order valence-electron chi connectivity index (χ3n) is 5.22. The van der Waals surface area contributed by atoms with Crippen molar-refractivity contribution in [3.05, 3.63) is 82.9 Å². The van der Waals surface area contributed by atoms with Gasteiger partial charge in [-0.25, -0.2) is 4.79 Å². The van der Waals surface area contributed by atoms with Crippen LogP contribution in [0.2, 0.25) is 0 Å². The highest BCUT2D eigenvalue weighted by molar-refractivity contribution is 6.02. The highest BCUT2D eigenvalue weighted by Crippen LogP contribution is 2.29. The average Bonchev–Trinajstić information content (AvgIpc) is 3.13. The number of aryl methyl sites for hydroxylation is 1. The Morgan fingerprint density at radius 1 is 1.13 bits per heavy atom. The van der Waals surface area contributed by atoms with E-state index in [0.29, 0.717) is 35.8 Å². The van der Waals surface area contributed by atoms with Gasteiger partial charge in [-0.3, -0.25) is 4.57 Å². The van der Waals surface area contributed by atoms with Crippen molar-refractivity contribution in [2.45, 2.75) is 20.4 Å². The lowest BCUT2D eigenvalue weighted by molar-refractivity contribution is 0.0698. The minimum Gasteiger partial charge on any atom is -0.478 e. The van der Waals surface area contributed by atoms with E-state index in [1.165, 1.54) is 0 Å². The van der Waals surface area contributed by atoms with Gasteiger partial charge in [-0.05, 0) is 48.2 Å². The second kappa shape index (κ2) is 8.33. The zero-order valence-electron chi connectivity index (χ0n) is 17.3. The molecule has 4 rings (SSSR count). The van der Waals surface area contributed by atoms with Gasteiger partial charge >= 0.3 is 5.97 Å². The summed E-state index contributed by atoms with van der Waals surface area (Å²) in [6.45, 7) is 4.61. The maximum atomic E-state index is 11.9. The SMILES string of the molecule is CCOc1nc2c(C)ccc(C(=O)O)c2n1Cc1ccc(-c2ccccc2C#N)cc1. The molecule has 0 fully saturated rings. The van der Waals surface area contributed by atoms with Crippen LogP contribution < -0.4 is 4.74 Å². The molecule has 1 aromatic heterocycles. The topological polar surface area (TPSA) is 88.1 Å². The van der Waals surface area contributed by atoms with Gasteiger partial charge in [-0.1, -0.05) is 48.5 Å². The molecule has 0 bridgehead atoms. The lowest BCUT2D eigenvalue weighted by Crippen LogP contribution is -2.08. The largest absolute Gasteiger partial charge is 0.478 e. The molecule has 6 nitrogen and oxygen atoms in total. The second-order valence-electron chi connectivity index (χ2n) is 7.20. The first-order chi connectivity index (χ1) is 15.0. The molecule has 0 saturated heterocycles. The van der Waals surface area contributed by atoms with E-state index in [2.05, 4.69) is 11.1 Å². The average molecular weight is 411 g/mol. The Morgan fingerprint density at radius 2 is 1.87 bits per heavy atom. The lowest BCUT2D eigenvalue weighted by atomic mass is 9.99. The molecule has 0 amide bonds.